The Bertz CT molecular complexity index is 99.9. The van der Waals surface area contributed by atoms with E-state index in [0.29, 0.717) is 17.4 Å². The summed E-state index contributed by atoms with van der Waals surface area (Å²) >= 11 is 0. The quantitative estimate of drug-likeness (QED) is 0.670. The summed E-state index contributed by atoms with van der Waals surface area (Å²) in [7, 11) is 0. The summed E-state index contributed by atoms with van der Waals surface area (Å²) in [6, 6.07) is 0.384. The van der Waals surface area contributed by atoms with Crippen LogP contribution in [0.3, 0.4) is 0 Å². The van der Waals surface area contributed by atoms with Crippen molar-refractivity contribution in [3.8, 4) is 0 Å². The molecule has 0 saturated carbocycles. The molecule has 1 atom stereocenters. The van der Waals surface area contributed by atoms with Gasteiger partial charge in [0.05, 0.1) is 0 Å². The molecule has 0 aliphatic rings. The minimum Gasteiger partial charge on any atom is -0.327 e. The molecule has 0 aliphatic carbocycles. The lowest BCUT2D eigenvalue weighted by molar-refractivity contribution is 0.325. The second-order valence-electron chi connectivity index (χ2n) is 5.01. The van der Waals surface area contributed by atoms with Gasteiger partial charge in [-0.3, -0.25) is 0 Å². The van der Waals surface area contributed by atoms with Crippen LogP contribution >= 0.6 is 0 Å². The number of rotatable bonds is 3. The van der Waals surface area contributed by atoms with Crippen LogP contribution in [0.25, 0.3) is 0 Å². The molecular weight excluding hydrogens is 134 g/mol. The highest BCUT2D eigenvalue weighted by Gasteiger charge is 2.14. The fourth-order valence-electron chi connectivity index (χ4n) is 0.933. The van der Waals surface area contributed by atoms with E-state index in [2.05, 4.69) is 34.6 Å². The Morgan fingerprint density at radius 3 is 1.91 bits per heavy atom. The maximum atomic E-state index is 5.92. The zero-order valence-electron chi connectivity index (χ0n) is 8.65. The third kappa shape index (κ3) is 6.36. The average molecular weight is 157 g/mol. The van der Waals surface area contributed by atoms with Crippen LogP contribution in [0, 0.1) is 11.3 Å². The Kier molecular flexibility index (Phi) is 4.09. The maximum Gasteiger partial charge on any atom is 0.00620 e. The number of hydrogen-bond donors (Lipinski definition) is 1. The molecule has 68 valence electrons. The third-order valence-corrected chi connectivity index (χ3v) is 2.08. The second kappa shape index (κ2) is 4.10. The molecule has 0 aromatic carbocycles. The summed E-state index contributed by atoms with van der Waals surface area (Å²) in [6.45, 7) is 11.2. The van der Waals surface area contributed by atoms with Crippen molar-refractivity contribution in [1.82, 2.24) is 0 Å². The minimum atomic E-state index is 0.384. The number of nitrogens with two attached hydrogens (primary N) is 1. The van der Waals surface area contributed by atoms with Crippen LogP contribution in [0.5, 0.6) is 0 Å². The van der Waals surface area contributed by atoms with Crippen molar-refractivity contribution >= 4 is 0 Å². The van der Waals surface area contributed by atoms with Crippen LogP contribution in [0.15, 0.2) is 0 Å². The molecule has 1 heteroatoms. The predicted molar refractivity (Wildman–Crippen MR) is 51.5 cm³/mol. The maximum absolute atomic E-state index is 5.92. The van der Waals surface area contributed by atoms with Gasteiger partial charge < -0.3 is 5.73 Å². The first-order valence-electron chi connectivity index (χ1n) is 4.58. The fraction of sp³-hybridized carbons (Fsp3) is 1.00. The highest BCUT2D eigenvalue weighted by molar-refractivity contribution is 4.70. The first-order valence-corrected chi connectivity index (χ1v) is 4.58. The van der Waals surface area contributed by atoms with E-state index in [4.69, 9.17) is 5.73 Å². The van der Waals surface area contributed by atoms with Crippen molar-refractivity contribution < 1.29 is 0 Å². The monoisotopic (exact) mass is 157 g/mol. The van der Waals surface area contributed by atoms with Crippen LogP contribution in [0.4, 0.5) is 0 Å². The van der Waals surface area contributed by atoms with Crippen molar-refractivity contribution in [1.29, 1.82) is 0 Å². The molecule has 0 aliphatic heterocycles. The summed E-state index contributed by atoms with van der Waals surface area (Å²) in [5, 5.41) is 0. The molecule has 1 nitrogen and oxygen atoms in total. The Morgan fingerprint density at radius 2 is 1.64 bits per heavy atom. The van der Waals surface area contributed by atoms with Gasteiger partial charge in [-0.25, -0.2) is 0 Å². The fourth-order valence-corrected chi connectivity index (χ4v) is 0.933. The van der Waals surface area contributed by atoms with E-state index < -0.39 is 0 Å². The second-order valence-corrected chi connectivity index (χ2v) is 5.01. The largest absolute Gasteiger partial charge is 0.327 e. The SMILES string of the molecule is CC(C)[C@@H](N)CCC(C)(C)C. The van der Waals surface area contributed by atoms with E-state index in [1.165, 1.54) is 6.42 Å². The summed E-state index contributed by atoms with van der Waals surface area (Å²) < 4.78 is 0. The Hall–Kier alpha value is -0.0400. The van der Waals surface area contributed by atoms with Crippen molar-refractivity contribution in [2.45, 2.75) is 53.5 Å². The van der Waals surface area contributed by atoms with Gasteiger partial charge in [-0.1, -0.05) is 34.6 Å². The molecule has 0 amide bonds. The van der Waals surface area contributed by atoms with Gasteiger partial charge in [-0.2, -0.15) is 0 Å². The van der Waals surface area contributed by atoms with Gasteiger partial charge in [0, 0.05) is 6.04 Å². The molecule has 0 unspecified atom stereocenters. The topological polar surface area (TPSA) is 26.0 Å². The predicted octanol–water partition coefficient (Wildman–Crippen LogP) is 2.80. The summed E-state index contributed by atoms with van der Waals surface area (Å²) in [4.78, 5) is 0. The zero-order valence-corrected chi connectivity index (χ0v) is 8.65. The van der Waals surface area contributed by atoms with E-state index >= 15 is 0 Å². The Morgan fingerprint density at radius 1 is 1.18 bits per heavy atom. The molecule has 0 fully saturated rings. The average Bonchev–Trinajstić information content (AvgIpc) is 1.80. The molecule has 0 aromatic heterocycles. The smallest absolute Gasteiger partial charge is 0.00620 e. The van der Waals surface area contributed by atoms with Crippen molar-refractivity contribution in [2.24, 2.45) is 17.1 Å². The number of hydrogen-bond acceptors (Lipinski definition) is 1. The normalized spacial score (nSPS) is 15.5. The highest BCUT2D eigenvalue weighted by Crippen LogP contribution is 2.22. The van der Waals surface area contributed by atoms with Crippen LogP contribution in [-0.4, -0.2) is 6.04 Å². The zero-order chi connectivity index (χ0) is 9.07. The molecule has 0 heterocycles. The van der Waals surface area contributed by atoms with Crippen LogP contribution in [0.2, 0.25) is 0 Å². The van der Waals surface area contributed by atoms with Gasteiger partial charge in [-0.15, -0.1) is 0 Å². The molecule has 0 spiro atoms. The molecule has 11 heavy (non-hydrogen) atoms. The van der Waals surface area contributed by atoms with Crippen molar-refractivity contribution in [3.05, 3.63) is 0 Å². The molecule has 0 aromatic rings. The van der Waals surface area contributed by atoms with E-state index in [9.17, 15) is 0 Å². The molecule has 0 radical (unpaired) electrons. The summed E-state index contributed by atoms with van der Waals surface area (Å²) in [5.41, 5.74) is 6.36. The highest BCUT2D eigenvalue weighted by atomic mass is 14.6. The van der Waals surface area contributed by atoms with Gasteiger partial charge in [-0.05, 0) is 24.2 Å². The van der Waals surface area contributed by atoms with E-state index in [1.54, 1.807) is 0 Å². The Labute approximate surface area is 71.4 Å². The third-order valence-electron chi connectivity index (χ3n) is 2.08. The molecule has 0 rings (SSSR count). The van der Waals surface area contributed by atoms with Gasteiger partial charge >= 0.3 is 0 Å². The first-order chi connectivity index (χ1) is 4.83. The van der Waals surface area contributed by atoms with Gasteiger partial charge in [0.25, 0.3) is 0 Å². The lowest BCUT2D eigenvalue weighted by atomic mass is 9.86. The molecule has 2 N–H and O–H groups in total. The lowest BCUT2D eigenvalue weighted by Gasteiger charge is -2.22. The van der Waals surface area contributed by atoms with E-state index in [-0.39, 0.29) is 0 Å². The van der Waals surface area contributed by atoms with Gasteiger partial charge in [0.15, 0.2) is 0 Å². The van der Waals surface area contributed by atoms with Crippen molar-refractivity contribution in [2.75, 3.05) is 0 Å². The van der Waals surface area contributed by atoms with E-state index in [1.807, 2.05) is 0 Å². The van der Waals surface area contributed by atoms with Gasteiger partial charge in [0.1, 0.15) is 0 Å². The molecular formula is C10H23N. The summed E-state index contributed by atoms with van der Waals surface area (Å²) in [6.07, 6.45) is 2.38. The standard InChI is InChI=1S/C10H23N/c1-8(2)9(11)6-7-10(3,4)5/h8-9H,6-7,11H2,1-5H3/t9-/m0/s1. The van der Waals surface area contributed by atoms with Crippen molar-refractivity contribution in [3.63, 3.8) is 0 Å². The summed E-state index contributed by atoms with van der Waals surface area (Å²) in [5.74, 6) is 0.623. The molecule has 0 bridgehead atoms. The molecule has 0 saturated heterocycles. The minimum absolute atomic E-state index is 0.384. The lowest BCUT2D eigenvalue weighted by Crippen LogP contribution is -2.27. The van der Waals surface area contributed by atoms with Crippen LogP contribution < -0.4 is 5.73 Å². The van der Waals surface area contributed by atoms with Crippen LogP contribution in [-0.2, 0) is 0 Å². The first kappa shape index (κ1) is 11.0. The van der Waals surface area contributed by atoms with Crippen LogP contribution in [0.1, 0.15) is 47.5 Å². The Balaban J connectivity index is 3.54. The van der Waals surface area contributed by atoms with Gasteiger partial charge in [0.2, 0.25) is 0 Å². The van der Waals surface area contributed by atoms with E-state index in [0.717, 1.165) is 6.42 Å².